The highest BCUT2D eigenvalue weighted by Gasteiger charge is 2.51. The Labute approximate surface area is 155 Å². The molecule has 0 saturated carbocycles. The van der Waals surface area contributed by atoms with Crippen molar-refractivity contribution in [1.29, 1.82) is 0 Å². The van der Waals surface area contributed by atoms with E-state index in [9.17, 15) is 18.4 Å². The maximum Gasteiger partial charge on any atom is 0.407 e. The van der Waals surface area contributed by atoms with Gasteiger partial charge >= 0.3 is 6.09 Å². The van der Waals surface area contributed by atoms with E-state index in [0.29, 0.717) is 10.6 Å². The maximum absolute atomic E-state index is 14.0. The van der Waals surface area contributed by atoms with Gasteiger partial charge < -0.3 is 10.4 Å². The Morgan fingerprint density at radius 2 is 2.04 bits per heavy atom. The van der Waals surface area contributed by atoms with Gasteiger partial charge in [-0.1, -0.05) is 24.3 Å². The lowest BCUT2D eigenvalue weighted by Gasteiger charge is -2.30. The van der Waals surface area contributed by atoms with Crippen LogP contribution in [0, 0.1) is 0 Å². The minimum Gasteiger partial charge on any atom is -0.465 e. The number of rotatable bonds is 4. The van der Waals surface area contributed by atoms with E-state index in [1.165, 1.54) is 0 Å². The molecule has 1 atom stereocenters. The van der Waals surface area contributed by atoms with Crippen molar-refractivity contribution < 1.29 is 23.5 Å². The summed E-state index contributed by atoms with van der Waals surface area (Å²) in [4.78, 5) is 28.7. The predicted molar refractivity (Wildman–Crippen MR) is 95.6 cm³/mol. The monoisotopic (exact) mass is 377 g/mol. The van der Waals surface area contributed by atoms with Crippen LogP contribution in [0.5, 0.6) is 0 Å². The third kappa shape index (κ3) is 3.70. The molecule has 6 nitrogen and oxygen atoms in total. The molecule has 144 valence electrons. The largest absolute Gasteiger partial charge is 0.465 e. The molecule has 2 N–H and O–H groups in total. The van der Waals surface area contributed by atoms with E-state index in [-0.39, 0.29) is 6.54 Å². The average Bonchev–Trinajstić information content (AvgIpc) is 2.88. The number of alkyl halides is 2. The summed E-state index contributed by atoms with van der Waals surface area (Å²) in [6.45, 7) is 3.19. The van der Waals surface area contributed by atoms with E-state index in [4.69, 9.17) is 5.11 Å². The Bertz CT molecular complexity index is 880. The maximum atomic E-state index is 14.0. The van der Waals surface area contributed by atoms with Gasteiger partial charge in [0.05, 0.1) is 17.7 Å². The minimum absolute atomic E-state index is 0.283. The van der Waals surface area contributed by atoms with Crippen LogP contribution in [-0.4, -0.2) is 45.5 Å². The van der Waals surface area contributed by atoms with Crippen LogP contribution in [0.4, 0.5) is 13.6 Å². The van der Waals surface area contributed by atoms with E-state index < -0.39 is 42.3 Å². The fourth-order valence-electron chi connectivity index (χ4n) is 3.56. The van der Waals surface area contributed by atoms with Crippen molar-refractivity contribution in [3.63, 3.8) is 0 Å². The summed E-state index contributed by atoms with van der Waals surface area (Å²) in [5, 5.41) is 13.6. The molecule has 1 aromatic heterocycles. The number of nitrogens with zero attached hydrogens (tertiary/aromatic N) is 2. The number of carbonyl (C=O) groups is 2. The first-order chi connectivity index (χ1) is 12.6. The molecular formula is C19H21F2N3O3. The van der Waals surface area contributed by atoms with Crippen molar-refractivity contribution in [2.24, 2.45) is 0 Å². The summed E-state index contributed by atoms with van der Waals surface area (Å²) in [6.07, 6.45) is -0.998. The molecule has 8 heteroatoms. The van der Waals surface area contributed by atoms with E-state index >= 15 is 0 Å². The molecule has 3 rings (SSSR count). The number of carbonyl (C=O) groups excluding carboxylic acids is 1. The number of likely N-dealkylation sites (tertiary alicyclic amines) is 1. The summed E-state index contributed by atoms with van der Waals surface area (Å²) in [6, 6.07) is 7.73. The van der Waals surface area contributed by atoms with Crippen LogP contribution in [0.3, 0.4) is 0 Å². The van der Waals surface area contributed by atoms with Gasteiger partial charge in [-0.05, 0) is 25.3 Å². The fraction of sp³-hybridized carbons (Fsp3) is 0.421. The van der Waals surface area contributed by atoms with Crippen LogP contribution in [0.2, 0.25) is 0 Å². The molecule has 1 aliphatic rings. The van der Waals surface area contributed by atoms with Crippen molar-refractivity contribution in [2.45, 2.75) is 44.2 Å². The third-order valence-corrected chi connectivity index (χ3v) is 4.89. The fourth-order valence-corrected chi connectivity index (χ4v) is 3.56. The molecule has 0 unspecified atom stereocenters. The number of pyridine rings is 1. The summed E-state index contributed by atoms with van der Waals surface area (Å²) in [5.41, 5.74) is -0.304. The van der Waals surface area contributed by atoms with Gasteiger partial charge in [-0.2, -0.15) is 0 Å². The van der Waals surface area contributed by atoms with Gasteiger partial charge in [0, 0.05) is 24.5 Å². The van der Waals surface area contributed by atoms with Crippen LogP contribution in [0.25, 0.3) is 10.8 Å². The predicted octanol–water partition coefficient (Wildman–Crippen LogP) is 3.36. The van der Waals surface area contributed by atoms with Crippen LogP contribution in [0.15, 0.2) is 36.5 Å². The number of aromatic nitrogens is 1. The highest BCUT2D eigenvalue weighted by atomic mass is 19.3. The zero-order valence-electron chi connectivity index (χ0n) is 15.1. The molecule has 0 radical (unpaired) electrons. The standard InChI is InChI=1S/C19H21F2N3O3/c1-18(2,16-13-6-4-3-5-12(13)7-9-22-16)23-15(25)11-14-19(20,21)8-10-24(14)17(26)27/h3-7,9,14H,8,10-11H2,1-2H3,(H,23,25)(H,26,27)/t14-/m0/s1. The average molecular weight is 377 g/mol. The normalized spacial score (nSPS) is 19.3. The number of nitrogens with one attached hydrogen (secondary N) is 1. The quantitative estimate of drug-likeness (QED) is 0.856. The Hall–Kier alpha value is -2.77. The zero-order chi connectivity index (χ0) is 19.8. The molecule has 0 spiro atoms. The highest BCUT2D eigenvalue weighted by Crippen LogP contribution is 2.36. The highest BCUT2D eigenvalue weighted by molar-refractivity contribution is 5.86. The second-order valence-electron chi connectivity index (χ2n) is 7.26. The van der Waals surface area contributed by atoms with Crippen molar-refractivity contribution in [2.75, 3.05) is 6.54 Å². The van der Waals surface area contributed by atoms with Crippen molar-refractivity contribution in [3.05, 3.63) is 42.2 Å². The van der Waals surface area contributed by atoms with Crippen molar-refractivity contribution in [1.82, 2.24) is 15.2 Å². The number of halogens is 2. The number of fused-ring (bicyclic) bond motifs is 1. The second kappa shape index (κ2) is 6.75. The number of hydrogen-bond donors (Lipinski definition) is 2. The van der Waals surface area contributed by atoms with E-state index in [1.54, 1.807) is 20.0 Å². The van der Waals surface area contributed by atoms with Crippen LogP contribution in [0.1, 0.15) is 32.4 Å². The van der Waals surface area contributed by atoms with Gasteiger partial charge in [-0.15, -0.1) is 0 Å². The molecule has 2 aromatic rings. The SMILES string of the molecule is CC(C)(NC(=O)C[C@@H]1N(C(=O)O)CCC1(F)F)c1nccc2ccccc12. The van der Waals surface area contributed by atoms with Crippen LogP contribution >= 0.6 is 0 Å². The lowest BCUT2D eigenvalue weighted by Crippen LogP contribution is -2.48. The zero-order valence-corrected chi connectivity index (χ0v) is 15.1. The molecule has 0 bridgehead atoms. The molecule has 1 fully saturated rings. The first kappa shape index (κ1) is 19.0. The van der Waals surface area contributed by atoms with Crippen LogP contribution < -0.4 is 5.32 Å². The summed E-state index contributed by atoms with van der Waals surface area (Å²) in [5.74, 6) is -3.87. The minimum atomic E-state index is -3.22. The Balaban J connectivity index is 1.81. The summed E-state index contributed by atoms with van der Waals surface area (Å²) in [7, 11) is 0. The smallest absolute Gasteiger partial charge is 0.407 e. The lowest BCUT2D eigenvalue weighted by atomic mass is 9.94. The van der Waals surface area contributed by atoms with Gasteiger partial charge in [0.1, 0.15) is 6.04 Å². The lowest BCUT2D eigenvalue weighted by molar-refractivity contribution is -0.126. The van der Waals surface area contributed by atoms with E-state index in [0.717, 1.165) is 10.8 Å². The summed E-state index contributed by atoms with van der Waals surface area (Å²) >= 11 is 0. The third-order valence-electron chi connectivity index (χ3n) is 4.89. The van der Waals surface area contributed by atoms with Gasteiger partial charge in [0.15, 0.2) is 0 Å². The van der Waals surface area contributed by atoms with Gasteiger partial charge in [-0.3, -0.25) is 14.7 Å². The molecule has 2 amide bonds. The number of carboxylic acid groups (broad SMARTS) is 1. The Kier molecular flexibility index (Phi) is 4.75. The Morgan fingerprint density at radius 1 is 1.33 bits per heavy atom. The first-order valence-corrected chi connectivity index (χ1v) is 8.64. The second-order valence-corrected chi connectivity index (χ2v) is 7.26. The van der Waals surface area contributed by atoms with E-state index in [2.05, 4.69) is 10.3 Å². The molecule has 2 heterocycles. The van der Waals surface area contributed by atoms with Crippen LogP contribution in [-0.2, 0) is 10.3 Å². The molecule has 1 aliphatic heterocycles. The molecule has 0 aliphatic carbocycles. The van der Waals surface area contributed by atoms with Crippen molar-refractivity contribution >= 4 is 22.8 Å². The Morgan fingerprint density at radius 3 is 2.74 bits per heavy atom. The molecule has 1 saturated heterocycles. The van der Waals surface area contributed by atoms with E-state index in [1.807, 2.05) is 30.3 Å². The topological polar surface area (TPSA) is 82.5 Å². The number of amides is 2. The molecule has 1 aromatic carbocycles. The van der Waals surface area contributed by atoms with Gasteiger partial charge in [0.2, 0.25) is 5.91 Å². The van der Waals surface area contributed by atoms with Gasteiger partial charge in [0.25, 0.3) is 5.92 Å². The number of hydrogen-bond acceptors (Lipinski definition) is 3. The first-order valence-electron chi connectivity index (χ1n) is 8.64. The van der Waals surface area contributed by atoms with Gasteiger partial charge in [-0.25, -0.2) is 13.6 Å². The molecular weight excluding hydrogens is 356 g/mol. The molecule has 27 heavy (non-hydrogen) atoms. The number of benzene rings is 1. The summed E-state index contributed by atoms with van der Waals surface area (Å²) < 4.78 is 28.1. The van der Waals surface area contributed by atoms with Crippen molar-refractivity contribution in [3.8, 4) is 0 Å².